The van der Waals surface area contributed by atoms with Crippen LogP contribution in [0, 0.1) is 6.92 Å². The molecule has 1 aromatic carbocycles. The molecule has 1 N–H and O–H groups in total. The van der Waals surface area contributed by atoms with E-state index in [1.54, 1.807) is 11.6 Å². The minimum absolute atomic E-state index is 0.242. The lowest BCUT2D eigenvalue weighted by molar-refractivity contribution is 0.0696. The Morgan fingerprint density at radius 1 is 1.37 bits per heavy atom. The van der Waals surface area contributed by atoms with Crippen molar-refractivity contribution in [2.45, 2.75) is 33.1 Å². The van der Waals surface area contributed by atoms with Gasteiger partial charge in [-0.3, -0.25) is 0 Å². The highest BCUT2D eigenvalue weighted by atomic mass is 16.4. The Hall–Kier alpha value is -2.10. The fourth-order valence-electron chi connectivity index (χ4n) is 2.06. The molecule has 0 aliphatic heterocycles. The summed E-state index contributed by atoms with van der Waals surface area (Å²) in [5.74, 6) is -0.415. The van der Waals surface area contributed by atoms with Crippen LogP contribution < -0.4 is 0 Å². The molecule has 0 aliphatic rings. The summed E-state index contributed by atoms with van der Waals surface area (Å²) in [5.41, 5.74) is 3.06. The van der Waals surface area contributed by atoms with E-state index in [0.717, 1.165) is 12.1 Å². The maximum atomic E-state index is 11.0. The maximum Gasteiger partial charge on any atom is 0.339 e. The average molecular weight is 258 g/mol. The van der Waals surface area contributed by atoms with Crippen molar-refractivity contribution < 1.29 is 9.90 Å². The van der Waals surface area contributed by atoms with Crippen molar-refractivity contribution in [1.82, 2.24) is 9.78 Å². The van der Waals surface area contributed by atoms with Crippen LogP contribution in [0.4, 0.5) is 0 Å². The van der Waals surface area contributed by atoms with Gasteiger partial charge in [0.1, 0.15) is 5.56 Å². The van der Waals surface area contributed by atoms with Gasteiger partial charge in [-0.05, 0) is 37.0 Å². The van der Waals surface area contributed by atoms with Gasteiger partial charge in [0.05, 0.1) is 17.6 Å². The van der Waals surface area contributed by atoms with E-state index < -0.39 is 5.97 Å². The first kappa shape index (κ1) is 13.3. The number of benzene rings is 1. The van der Waals surface area contributed by atoms with Crippen LogP contribution >= 0.6 is 0 Å². The maximum absolute atomic E-state index is 11.0. The van der Waals surface area contributed by atoms with Gasteiger partial charge in [0.15, 0.2) is 0 Å². The monoisotopic (exact) mass is 258 g/mol. The number of hydrogen-bond donors (Lipinski definition) is 1. The first-order chi connectivity index (χ1) is 9.04. The summed E-state index contributed by atoms with van der Waals surface area (Å²) >= 11 is 0. The van der Waals surface area contributed by atoms with Crippen LogP contribution in [0.5, 0.6) is 0 Å². The minimum atomic E-state index is -0.944. The van der Waals surface area contributed by atoms with Crippen molar-refractivity contribution in [3.8, 4) is 5.69 Å². The molecule has 0 aliphatic carbocycles. The molecule has 0 spiro atoms. The van der Waals surface area contributed by atoms with Gasteiger partial charge in [0.2, 0.25) is 0 Å². The quantitative estimate of drug-likeness (QED) is 0.914. The van der Waals surface area contributed by atoms with Gasteiger partial charge in [-0.2, -0.15) is 5.10 Å². The minimum Gasteiger partial charge on any atom is -0.478 e. The molecular weight excluding hydrogens is 240 g/mol. The third-order valence-electron chi connectivity index (χ3n) is 3.56. The fourth-order valence-corrected chi connectivity index (χ4v) is 2.06. The van der Waals surface area contributed by atoms with E-state index in [0.29, 0.717) is 11.6 Å². The Kier molecular flexibility index (Phi) is 3.69. The molecule has 1 heterocycles. The van der Waals surface area contributed by atoms with Crippen LogP contribution in [0.2, 0.25) is 0 Å². The van der Waals surface area contributed by atoms with Gasteiger partial charge in [-0.15, -0.1) is 0 Å². The summed E-state index contributed by atoms with van der Waals surface area (Å²) in [7, 11) is 0. The predicted molar refractivity (Wildman–Crippen MR) is 74.0 cm³/mol. The summed E-state index contributed by atoms with van der Waals surface area (Å²) in [5, 5.41) is 13.2. The summed E-state index contributed by atoms with van der Waals surface area (Å²) in [4.78, 5) is 11.0. The van der Waals surface area contributed by atoms with E-state index in [9.17, 15) is 4.79 Å². The Balaban J connectivity index is 2.35. The zero-order valence-electron chi connectivity index (χ0n) is 11.4. The smallest absolute Gasteiger partial charge is 0.339 e. The van der Waals surface area contributed by atoms with Gasteiger partial charge in [0, 0.05) is 0 Å². The third kappa shape index (κ3) is 2.52. The first-order valence-corrected chi connectivity index (χ1v) is 6.42. The molecule has 0 radical (unpaired) electrons. The Morgan fingerprint density at radius 3 is 2.47 bits per heavy atom. The van der Waals surface area contributed by atoms with Gasteiger partial charge < -0.3 is 5.11 Å². The lowest BCUT2D eigenvalue weighted by Gasteiger charge is -2.10. The second-order valence-corrected chi connectivity index (χ2v) is 4.76. The van der Waals surface area contributed by atoms with Crippen molar-refractivity contribution in [2.75, 3.05) is 0 Å². The van der Waals surface area contributed by atoms with E-state index in [2.05, 4.69) is 31.1 Å². The SMILES string of the molecule is CCC(C)c1ccc(-n2ncc(C(=O)O)c2C)cc1. The lowest BCUT2D eigenvalue weighted by atomic mass is 9.99. The van der Waals surface area contributed by atoms with E-state index in [4.69, 9.17) is 5.11 Å². The molecule has 1 aromatic heterocycles. The number of carbonyl (C=O) groups is 1. The van der Waals surface area contributed by atoms with Crippen molar-refractivity contribution in [2.24, 2.45) is 0 Å². The Morgan fingerprint density at radius 2 is 2.00 bits per heavy atom. The van der Waals surface area contributed by atoms with Gasteiger partial charge in [-0.1, -0.05) is 26.0 Å². The van der Waals surface area contributed by atoms with Crippen LogP contribution in [0.15, 0.2) is 30.5 Å². The number of rotatable bonds is 4. The molecule has 4 nitrogen and oxygen atoms in total. The third-order valence-corrected chi connectivity index (χ3v) is 3.56. The highest BCUT2D eigenvalue weighted by molar-refractivity contribution is 5.88. The van der Waals surface area contributed by atoms with Crippen LogP contribution in [0.1, 0.15) is 47.8 Å². The number of aromatic nitrogens is 2. The van der Waals surface area contributed by atoms with Crippen LogP contribution in [0.25, 0.3) is 5.69 Å². The first-order valence-electron chi connectivity index (χ1n) is 6.42. The summed E-state index contributed by atoms with van der Waals surface area (Å²) in [6.45, 7) is 6.12. The largest absolute Gasteiger partial charge is 0.478 e. The second-order valence-electron chi connectivity index (χ2n) is 4.76. The number of carboxylic acids is 1. The molecule has 19 heavy (non-hydrogen) atoms. The molecular formula is C15H18N2O2. The van der Waals surface area contributed by atoms with Gasteiger partial charge >= 0.3 is 5.97 Å². The molecule has 0 fully saturated rings. The van der Waals surface area contributed by atoms with Crippen LogP contribution in [-0.4, -0.2) is 20.9 Å². The topological polar surface area (TPSA) is 55.1 Å². The Bertz CT molecular complexity index is 585. The molecule has 2 rings (SSSR count). The molecule has 4 heteroatoms. The second kappa shape index (κ2) is 5.26. The fraction of sp³-hybridized carbons (Fsp3) is 0.333. The molecule has 0 saturated heterocycles. The predicted octanol–water partition coefficient (Wildman–Crippen LogP) is 3.39. The zero-order chi connectivity index (χ0) is 14.0. The molecule has 100 valence electrons. The van der Waals surface area contributed by atoms with E-state index in [1.165, 1.54) is 11.8 Å². The highest BCUT2D eigenvalue weighted by Gasteiger charge is 2.13. The highest BCUT2D eigenvalue weighted by Crippen LogP contribution is 2.21. The number of nitrogens with zero attached hydrogens (tertiary/aromatic N) is 2. The van der Waals surface area contributed by atoms with Crippen LogP contribution in [-0.2, 0) is 0 Å². The van der Waals surface area contributed by atoms with E-state index >= 15 is 0 Å². The van der Waals surface area contributed by atoms with E-state index in [-0.39, 0.29) is 5.56 Å². The van der Waals surface area contributed by atoms with Gasteiger partial charge in [-0.25, -0.2) is 9.48 Å². The van der Waals surface area contributed by atoms with Crippen molar-refractivity contribution >= 4 is 5.97 Å². The normalized spacial score (nSPS) is 12.4. The molecule has 1 unspecified atom stereocenters. The van der Waals surface area contributed by atoms with Gasteiger partial charge in [0.25, 0.3) is 0 Å². The Labute approximate surface area is 112 Å². The average Bonchev–Trinajstić information content (AvgIpc) is 2.80. The molecule has 1 atom stereocenters. The lowest BCUT2D eigenvalue weighted by Crippen LogP contribution is -2.02. The summed E-state index contributed by atoms with van der Waals surface area (Å²) < 4.78 is 1.66. The molecule has 2 aromatic rings. The zero-order valence-corrected chi connectivity index (χ0v) is 11.4. The number of aromatic carboxylic acids is 1. The van der Waals surface area contributed by atoms with Crippen molar-refractivity contribution in [1.29, 1.82) is 0 Å². The van der Waals surface area contributed by atoms with E-state index in [1.807, 2.05) is 12.1 Å². The van der Waals surface area contributed by atoms with Crippen LogP contribution in [0.3, 0.4) is 0 Å². The van der Waals surface area contributed by atoms with Crippen molar-refractivity contribution in [3.63, 3.8) is 0 Å². The molecule has 0 saturated carbocycles. The molecule has 0 bridgehead atoms. The number of carboxylic acid groups (broad SMARTS) is 1. The number of hydrogen-bond acceptors (Lipinski definition) is 2. The summed E-state index contributed by atoms with van der Waals surface area (Å²) in [6, 6.07) is 8.11. The summed E-state index contributed by atoms with van der Waals surface area (Å²) in [6.07, 6.45) is 2.49. The standard InChI is InChI=1S/C15H18N2O2/c1-4-10(2)12-5-7-13(8-6-12)17-11(3)14(9-16-17)15(18)19/h5-10H,4H2,1-3H3,(H,18,19). The molecule has 0 amide bonds. The van der Waals surface area contributed by atoms with Crippen molar-refractivity contribution in [3.05, 3.63) is 47.3 Å².